The van der Waals surface area contributed by atoms with Gasteiger partial charge in [-0.1, -0.05) is 17.7 Å². The number of anilines is 1. The number of aryl methyl sites for hydroxylation is 1. The predicted octanol–water partition coefficient (Wildman–Crippen LogP) is 5.97. The van der Waals surface area contributed by atoms with Gasteiger partial charge in [0.15, 0.2) is 5.65 Å². The van der Waals surface area contributed by atoms with Crippen molar-refractivity contribution < 1.29 is 19.0 Å². The van der Waals surface area contributed by atoms with Crippen LogP contribution in [0.2, 0.25) is 5.02 Å². The fourth-order valence-electron chi connectivity index (χ4n) is 5.73. The normalized spacial score (nSPS) is 17.3. The van der Waals surface area contributed by atoms with E-state index in [4.69, 9.17) is 21.3 Å². The summed E-state index contributed by atoms with van der Waals surface area (Å²) in [7, 11) is 0. The summed E-state index contributed by atoms with van der Waals surface area (Å²) in [6.45, 7) is 10.4. The largest absolute Gasteiger partial charge is 0.507 e. The smallest absolute Gasteiger partial charge is 0.410 e. The van der Waals surface area contributed by atoms with Crippen molar-refractivity contribution in [1.82, 2.24) is 24.4 Å². The van der Waals surface area contributed by atoms with Gasteiger partial charge < -0.3 is 19.6 Å². The van der Waals surface area contributed by atoms with Gasteiger partial charge in [0.2, 0.25) is 0 Å². The van der Waals surface area contributed by atoms with Gasteiger partial charge in [0.1, 0.15) is 23.0 Å². The summed E-state index contributed by atoms with van der Waals surface area (Å²) in [5, 5.41) is 11.2. The fraction of sp³-hybridized carbons (Fsp3) is 0.406. The molecule has 1 aromatic carbocycles. The number of amides is 1. The van der Waals surface area contributed by atoms with E-state index in [2.05, 4.69) is 9.97 Å². The standard InChI is InChI=1S/C32H34ClFN6O4/c1-17-11-12-35-25(19-9-10-19)27(17)40-29-20(15-21(33)26(36-29)24-22(34)7-6-8-23(24)41)28(37-30(40)42)39-14-13-38(16-18(39)2)31(43)44-32(3,4)5/h6-8,11-12,15,18-19,41H,9-10,13-14,16H2,1-5H3. The number of ether oxygens (including phenoxy) is 1. The number of rotatable bonds is 4. The van der Waals surface area contributed by atoms with E-state index in [9.17, 15) is 14.7 Å². The highest BCUT2D eigenvalue weighted by atomic mass is 35.5. The first kappa shape index (κ1) is 29.8. The molecule has 1 N–H and O–H groups in total. The quantitative estimate of drug-likeness (QED) is 0.297. The van der Waals surface area contributed by atoms with E-state index in [-0.39, 0.29) is 39.6 Å². The molecule has 2 aliphatic rings. The molecule has 1 amide bonds. The number of benzene rings is 1. The van der Waals surface area contributed by atoms with Crippen LogP contribution in [0.15, 0.2) is 41.3 Å². The highest BCUT2D eigenvalue weighted by Crippen LogP contribution is 2.43. The summed E-state index contributed by atoms with van der Waals surface area (Å²) < 4.78 is 22.1. The molecule has 230 valence electrons. The lowest BCUT2D eigenvalue weighted by molar-refractivity contribution is 0.0218. The van der Waals surface area contributed by atoms with Crippen LogP contribution in [-0.2, 0) is 4.74 Å². The number of halogens is 2. The van der Waals surface area contributed by atoms with Crippen LogP contribution in [0.3, 0.4) is 0 Å². The van der Waals surface area contributed by atoms with Crippen molar-refractivity contribution in [2.24, 2.45) is 0 Å². The topological polar surface area (TPSA) is 114 Å². The first-order chi connectivity index (χ1) is 20.8. The maximum Gasteiger partial charge on any atom is 0.410 e. The molecule has 0 radical (unpaired) electrons. The van der Waals surface area contributed by atoms with Crippen LogP contribution in [0.4, 0.5) is 15.0 Å². The molecule has 2 fully saturated rings. The van der Waals surface area contributed by atoms with Gasteiger partial charge in [-0.05, 0) is 77.3 Å². The summed E-state index contributed by atoms with van der Waals surface area (Å²) in [4.78, 5) is 44.4. The zero-order chi connectivity index (χ0) is 31.5. The number of hydrogen-bond donors (Lipinski definition) is 1. The van der Waals surface area contributed by atoms with Crippen LogP contribution in [0.1, 0.15) is 57.7 Å². The van der Waals surface area contributed by atoms with Crippen LogP contribution in [-0.4, -0.2) is 66.9 Å². The molecule has 4 aromatic rings. The SMILES string of the molecule is Cc1ccnc(C2CC2)c1-n1c(=O)nc(N2CCN(C(=O)OC(C)(C)C)CC2C)c2cc(Cl)c(-c3c(O)cccc3F)nc21. The van der Waals surface area contributed by atoms with Crippen molar-refractivity contribution in [3.63, 3.8) is 0 Å². The molecule has 3 aromatic heterocycles. The summed E-state index contributed by atoms with van der Waals surface area (Å²) in [6.07, 6.45) is 3.22. The van der Waals surface area contributed by atoms with Gasteiger partial charge in [0, 0.05) is 37.8 Å². The van der Waals surface area contributed by atoms with Gasteiger partial charge in [0.05, 0.1) is 33.0 Å². The van der Waals surface area contributed by atoms with Crippen LogP contribution in [0.25, 0.3) is 28.0 Å². The Morgan fingerprint density at radius 3 is 2.57 bits per heavy atom. The van der Waals surface area contributed by atoms with Crippen LogP contribution < -0.4 is 10.6 Å². The number of pyridine rings is 2. The highest BCUT2D eigenvalue weighted by molar-refractivity contribution is 6.34. The fourth-order valence-corrected chi connectivity index (χ4v) is 5.98. The van der Waals surface area contributed by atoms with E-state index in [1.54, 1.807) is 17.2 Å². The number of carbonyl (C=O) groups excluding carboxylic acids is 1. The zero-order valence-corrected chi connectivity index (χ0v) is 26.0. The molecule has 1 aliphatic carbocycles. The van der Waals surface area contributed by atoms with Gasteiger partial charge in [-0.25, -0.2) is 23.5 Å². The monoisotopic (exact) mass is 620 g/mol. The Balaban J connectivity index is 1.55. The molecule has 10 nitrogen and oxygen atoms in total. The molecule has 4 heterocycles. The third kappa shape index (κ3) is 5.45. The molecule has 1 atom stereocenters. The molecule has 0 spiro atoms. The number of piperazine rings is 1. The highest BCUT2D eigenvalue weighted by Gasteiger charge is 2.34. The van der Waals surface area contributed by atoms with Crippen molar-refractivity contribution in [1.29, 1.82) is 0 Å². The summed E-state index contributed by atoms with van der Waals surface area (Å²) in [5.74, 6) is -0.476. The van der Waals surface area contributed by atoms with Gasteiger partial charge in [-0.2, -0.15) is 4.98 Å². The van der Waals surface area contributed by atoms with E-state index < -0.39 is 23.2 Å². The number of hydrogen-bond acceptors (Lipinski definition) is 8. The first-order valence-electron chi connectivity index (χ1n) is 14.7. The number of aromatic nitrogens is 4. The zero-order valence-electron chi connectivity index (χ0n) is 25.3. The second-order valence-electron chi connectivity index (χ2n) is 12.5. The Kier molecular flexibility index (Phi) is 7.47. The summed E-state index contributed by atoms with van der Waals surface area (Å²) in [5.41, 5.74) is 1.01. The molecule has 12 heteroatoms. The second kappa shape index (κ2) is 11.0. The Morgan fingerprint density at radius 2 is 1.91 bits per heavy atom. The molecule has 44 heavy (non-hydrogen) atoms. The molecular formula is C32H34ClFN6O4. The molecule has 1 aliphatic heterocycles. The average Bonchev–Trinajstić information content (AvgIpc) is 3.78. The van der Waals surface area contributed by atoms with Crippen molar-refractivity contribution in [3.05, 3.63) is 69.1 Å². The van der Waals surface area contributed by atoms with Crippen molar-refractivity contribution in [2.75, 3.05) is 24.5 Å². The van der Waals surface area contributed by atoms with Crippen LogP contribution >= 0.6 is 11.6 Å². The van der Waals surface area contributed by atoms with Gasteiger partial charge in [-0.3, -0.25) is 4.98 Å². The van der Waals surface area contributed by atoms with E-state index in [0.717, 1.165) is 24.1 Å². The number of phenols is 1. The first-order valence-corrected chi connectivity index (χ1v) is 15.0. The lowest BCUT2D eigenvalue weighted by Gasteiger charge is -2.41. The molecule has 0 bridgehead atoms. The van der Waals surface area contributed by atoms with Crippen molar-refractivity contribution in [2.45, 2.75) is 65.0 Å². The number of nitrogens with zero attached hydrogens (tertiary/aromatic N) is 6. The second-order valence-corrected chi connectivity index (χ2v) is 12.9. The Morgan fingerprint density at radius 1 is 1.16 bits per heavy atom. The Bertz CT molecular complexity index is 1830. The number of fused-ring (bicyclic) bond motifs is 1. The number of carbonyl (C=O) groups is 1. The van der Waals surface area contributed by atoms with E-state index in [0.29, 0.717) is 36.5 Å². The Hall–Kier alpha value is -4.25. The lowest BCUT2D eigenvalue weighted by Crippen LogP contribution is -2.55. The molecular weight excluding hydrogens is 587 g/mol. The molecule has 6 rings (SSSR count). The molecule has 1 saturated heterocycles. The Labute approximate surface area is 259 Å². The minimum Gasteiger partial charge on any atom is -0.507 e. The average molecular weight is 621 g/mol. The number of phenolic OH excluding ortho intramolecular Hbond substituents is 1. The summed E-state index contributed by atoms with van der Waals surface area (Å²) in [6, 6.07) is 7.15. The van der Waals surface area contributed by atoms with E-state index in [1.165, 1.54) is 22.8 Å². The maximum absolute atomic E-state index is 15.1. The maximum atomic E-state index is 15.1. The van der Waals surface area contributed by atoms with Crippen LogP contribution in [0, 0.1) is 12.7 Å². The minimum atomic E-state index is -0.704. The van der Waals surface area contributed by atoms with Gasteiger partial charge in [-0.15, -0.1) is 0 Å². The van der Waals surface area contributed by atoms with E-state index >= 15 is 4.39 Å². The van der Waals surface area contributed by atoms with Crippen molar-refractivity contribution >= 4 is 34.5 Å². The minimum absolute atomic E-state index is 0.00243. The predicted molar refractivity (Wildman–Crippen MR) is 166 cm³/mol. The third-order valence-corrected chi connectivity index (χ3v) is 8.21. The van der Waals surface area contributed by atoms with Gasteiger partial charge >= 0.3 is 11.8 Å². The van der Waals surface area contributed by atoms with Crippen molar-refractivity contribution in [3.8, 4) is 22.7 Å². The lowest BCUT2D eigenvalue weighted by atomic mass is 10.1. The summed E-state index contributed by atoms with van der Waals surface area (Å²) >= 11 is 6.76. The van der Waals surface area contributed by atoms with E-state index in [1.807, 2.05) is 45.6 Å². The third-order valence-electron chi connectivity index (χ3n) is 7.92. The molecule has 1 saturated carbocycles. The number of aromatic hydroxyl groups is 1. The van der Waals surface area contributed by atoms with Crippen LogP contribution in [0.5, 0.6) is 5.75 Å². The molecule has 1 unspecified atom stereocenters. The van der Waals surface area contributed by atoms with Gasteiger partial charge in [0.25, 0.3) is 0 Å².